The van der Waals surface area contributed by atoms with Crippen molar-refractivity contribution in [1.29, 1.82) is 0 Å². The van der Waals surface area contributed by atoms with Crippen molar-refractivity contribution in [3.63, 3.8) is 0 Å². The average molecular weight is 458 g/mol. The van der Waals surface area contributed by atoms with E-state index >= 15 is 0 Å². The van der Waals surface area contributed by atoms with E-state index in [1.165, 1.54) is 0 Å². The highest BCUT2D eigenvalue weighted by Crippen LogP contribution is 2.24. The van der Waals surface area contributed by atoms with Crippen molar-refractivity contribution in [2.75, 3.05) is 11.4 Å². The summed E-state index contributed by atoms with van der Waals surface area (Å²) in [6, 6.07) is 15.7. The van der Waals surface area contributed by atoms with Crippen LogP contribution in [0.1, 0.15) is 30.1 Å². The third-order valence-electron chi connectivity index (χ3n) is 3.21. The zero-order valence-electron chi connectivity index (χ0n) is 11.9. The van der Waals surface area contributed by atoms with Crippen LogP contribution in [0, 0.1) is 3.57 Å². The highest BCUT2D eigenvalue weighted by atomic mass is 127. The molecule has 0 spiro atoms. The average Bonchev–Trinajstić information content (AvgIpc) is 2.51. The Bertz CT molecular complexity index is 615. The van der Waals surface area contributed by atoms with E-state index in [4.69, 9.17) is 0 Å². The molecule has 0 unspecified atom stereocenters. The number of nitrogens with zero attached hydrogens (tertiary/aromatic N) is 1. The van der Waals surface area contributed by atoms with Crippen molar-refractivity contribution in [3.05, 3.63) is 62.1 Å². The molecule has 0 aliphatic carbocycles. The molecular weight excluding hydrogens is 441 g/mol. The zero-order chi connectivity index (χ0) is 15.2. The first-order valence-electron chi connectivity index (χ1n) is 6.95. The monoisotopic (exact) mass is 457 g/mol. The van der Waals surface area contributed by atoms with Crippen molar-refractivity contribution in [3.8, 4) is 0 Å². The normalized spacial score (nSPS) is 10.4. The number of hydrogen-bond donors (Lipinski definition) is 0. The van der Waals surface area contributed by atoms with Crippen LogP contribution in [0.2, 0.25) is 0 Å². The smallest absolute Gasteiger partial charge is 0.259 e. The van der Waals surface area contributed by atoms with Gasteiger partial charge in [-0.05, 0) is 75.3 Å². The minimum Gasteiger partial charge on any atom is -0.308 e. The Morgan fingerprint density at radius 1 is 1.19 bits per heavy atom. The molecule has 0 saturated heterocycles. The largest absolute Gasteiger partial charge is 0.308 e. The van der Waals surface area contributed by atoms with Gasteiger partial charge < -0.3 is 4.90 Å². The van der Waals surface area contributed by atoms with Gasteiger partial charge >= 0.3 is 0 Å². The van der Waals surface area contributed by atoms with Gasteiger partial charge in [-0.2, -0.15) is 0 Å². The molecule has 2 nitrogen and oxygen atoms in total. The fraction of sp³-hybridized carbons (Fsp3) is 0.235. The third kappa shape index (κ3) is 4.30. The van der Waals surface area contributed by atoms with Crippen LogP contribution in [0.15, 0.2) is 53.0 Å². The first kappa shape index (κ1) is 16.5. The lowest BCUT2D eigenvalue weighted by Crippen LogP contribution is -2.32. The van der Waals surface area contributed by atoms with E-state index in [1.807, 2.05) is 53.4 Å². The minimum absolute atomic E-state index is 0.0417. The predicted octanol–water partition coefficient (Wildman–Crippen LogP) is 5.50. The first-order valence-corrected chi connectivity index (χ1v) is 8.82. The van der Waals surface area contributed by atoms with E-state index in [9.17, 15) is 4.79 Å². The number of para-hydroxylation sites is 1. The molecule has 0 N–H and O–H groups in total. The summed E-state index contributed by atoms with van der Waals surface area (Å²) in [5.74, 6) is 0.0417. The SMILES string of the molecule is CCCCN(C(=O)c1cc(I)ccc1Br)c1ccccc1. The molecule has 0 aliphatic heterocycles. The molecule has 21 heavy (non-hydrogen) atoms. The second-order valence-electron chi connectivity index (χ2n) is 4.77. The lowest BCUT2D eigenvalue weighted by molar-refractivity contribution is 0.0986. The number of carbonyl (C=O) groups excluding carboxylic acids is 1. The maximum atomic E-state index is 12.9. The molecule has 1 amide bonds. The summed E-state index contributed by atoms with van der Waals surface area (Å²) < 4.78 is 1.90. The van der Waals surface area contributed by atoms with Gasteiger partial charge in [0.05, 0.1) is 5.56 Å². The molecule has 2 aromatic rings. The quantitative estimate of drug-likeness (QED) is 0.543. The van der Waals surface area contributed by atoms with Gasteiger partial charge in [-0.3, -0.25) is 4.79 Å². The van der Waals surface area contributed by atoms with Crippen LogP contribution in [0.5, 0.6) is 0 Å². The standard InChI is InChI=1S/C17H17BrINO/c1-2-3-11-20(14-7-5-4-6-8-14)17(21)15-12-13(19)9-10-16(15)18/h4-10,12H,2-3,11H2,1H3. The highest BCUT2D eigenvalue weighted by molar-refractivity contribution is 14.1. The summed E-state index contributed by atoms with van der Waals surface area (Å²) in [7, 11) is 0. The van der Waals surface area contributed by atoms with Crippen LogP contribution in [-0.2, 0) is 0 Å². The zero-order valence-corrected chi connectivity index (χ0v) is 15.6. The van der Waals surface area contributed by atoms with Crippen LogP contribution < -0.4 is 4.90 Å². The van der Waals surface area contributed by atoms with E-state index in [-0.39, 0.29) is 5.91 Å². The summed E-state index contributed by atoms with van der Waals surface area (Å²) in [5, 5.41) is 0. The molecule has 0 atom stereocenters. The van der Waals surface area contributed by atoms with Gasteiger partial charge in [0.1, 0.15) is 0 Å². The molecule has 0 bridgehead atoms. The van der Waals surface area contributed by atoms with E-state index < -0.39 is 0 Å². The van der Waals surface area contributed by atoms with Gasteiger partial charge in [0.25, 0.3) is 5.91 Å². The lowest BCUT2D eigenvalue weighted by atomic mass is 10.1. The summed E-state index contributed by atoms with van der Waals surface area (Å²) >= 11 is 5.72. The Kier molecular flexibility index (Phi) is 6.23. The summed E-state index contributed by atoms with van der Waals surface area (Å²) in [4.78, 5) is 14.8. The molecule has 2 aromatic carbocycles. The Labute approximate surface area is 147 Å². The molecular formula is C17H17BrINO. The number of amides is 1. The fourth-order valence-electron chi connectivity index (χ4n) is 2.08. The molecule has 0 aliphatic rings. The minimum atomic E-state index is 0.0417. The summed E-state index contributed by atoms with van der Waals surface area (Å²) in [6.45, 7) is 2.87. The van der Waals surface area contributed by atoms with Crippen molar-refractivity contribution >= 4 is 50.1 Å². The highest BCUT2D eigenvalue weighted by Gasteiger charge is 2.19. The topological polar surface area (TPSA) is 20.3 Å². The first-order chi connectivity index (χ1) is 10.1. The third-order valence-corrected chi connectivity index (χ3v) is 4.57. The molecule has 4 heteroatoms. The molecule has 0 saturated carbocycles. The molecule has 0 aromatic heterocycles. The Morgan fingerprint density at radius 2 is 1.90 bits per heavy atom. The van der Waals surface area contributed by atoms with Crippen molar-refractivity contribution in [2.24, 2.45) is 0 Å². The second kappa shape index (κ2) is 7.94. The maximum absolute atomic E-state index is 12.9. The fourth-order valence-corrected chi connectivity index (χ4v) is 2.99. The molecule has 0 fully saturated rings. The Morgan fingerprint density at radius 3 is 2.57 bits per heavy atom. The number of hydrogen-bond acceptors (Lipinski definition) is 1. The number of anilines is 1. The number of unbranched alkanes of at least 4 members (excludes halogenated alkanes) is 1. The number of carbonyl (C=O) groups is 1. The second-order valence-corrected chi connectivity index (χ2v) is 6.87. The van der Waals surface area contributed by atoms with E-state index in [2.05, 4.69) is 45.4 Å². The van der Waals surface area contributed by atoms with Gasteiger partial charge in [-0.15, -0.1) is 0 Å². The van der Waals surface area contributed by atoms with Crippen LogP contribution in [-0.4, -0.2) is 12.5 Å². The lowest BCUT2D eigenvalue weighted by Gasteiger charge is -2.23. The van der Waals surface area contributed by atoms with Crippen molar-refractivity contribution in [2.45, 2.75) is 19.8 Å². The number of rotatable bonds is 5. The number of benzene rings is 2. The van der Waals surface area contributed by atoms with Gasteiger partial charge in [0, 0.05) is 20.3 Å². The van der Waals surface area contributed by atoms with Crippen molar-refractivity contribution in [1.82, 2.24) is 0 Å². The Balaban J connectivity index is 2.36. The maximum Gasteiger partial charge on any atom is 0.259 e. The van der Waals surface area contributed by atoms with E-state index in [0.29, 0.717) is 5.56 Å². The predicted molar refractivity (Wildman–Crippen MR) is 99.9 cm³/mol. The van der Waals surface area contributed by atoms with Gasteiger partial charge in [-0.1, -0.05) is 31.5 Å². The van der Waals surface area contributed by atoms with E-state index in [0.717, 1.165) is 33.1 Å². The van der Waals surface area contributed by atoms with Gasteiger partial charge in [0.15, 0.2) is 0 Å². The molecule has 2 rings (SSSR count). The molecule has 0 heterocycles. The van der Waals surface area contributed by atoms with Crippen LogP contribution >= 0.6 is 38.5 Å². The number of halogens is 2. The molecule has 0 radical (unpaired) electrons. The summed E-state index contributed by atoms with van der Waals surface area (Å²) in [5.41, 5.74) is 1.66. The van der Waals surface area contributed by atoms with Gasteiger partial charge in [0.2, 0.25) is 0 Å². The Hall–Kier alpha value is -0.880. The van der Waals surface area contributed by atoms with Gasteiger partial charge in [-0.25, -0.2) is 0 Å². The van der Waals surface area contributed by atoms with E-state index in [1.54, 1.807) is 0 Å². The summed E-state index contributed by atoms with van der Waals surface area (Å²) in [6.07, 6.45) is 2.05. The van der Waals surface area contributed by atoms with Crippen molar-refractivity contribution < 1.29 is 4.79 Å². The van der Waals surface area contributed by atoms with Crippen LogP contribution in [0.3, 0.4) is 0 Å². The van der Waals surface area contributed by atoms with Crippen LogP contribution in [0.25, 0.3) is 0 Å². The van der Waals surface area contributed by atoms with Crippen LogP contribution in [0.4, 0.5) is 5.69 Å². The molecule has 110 valence electrons.